The molecule has 0 aliphatic carbocycles. The van der Waals surface area contributed by atoms with Gasteiger partial charge in [0.2, 0.25) is 0 Å². The van der Waals surface area contributed by atoms with Crippen LogP contribution < -0.4 is 0 Å². The Bertz CT molecular complexity index is 1250. The summed E-state index contributed by atoms with van der Waals surface area (Å²) in [5.41, 5.74) is 0. The van der Waals surface area contributed by atoms with Crippen LogP contribution in [0.25, 0.3) is 0 Å². The lowest BCUT2D eigenvalue weighted by atomic mass is 10.0. The van der Waals surface area contributed by atoms with E-state index < -0.39 is 6.10 Å². The minimum absolute atomic E-state index is 0.0716. The lowest BCUT2D eigenvalue weighted by Gasteiger charge is -2.18. The first-order valence-corrected chi connectivity index (χ1v) is 33.5. The minimum atomic E-state index is -0.774. The third kappa shape index (κ3) is 62.4. The molecule has 0 spiro atoms. The van der Waals surface area contributed by atoms with E-state index >= 15 is 0 Å². The van der Waals surface area contributed by atoms with E-state index in [0.717, 1.165) is 70.6 Å². The maximum atomic E-state index is 12.9. The molecule has 6 heteroatoms. The van der Waals surface area contributed by atoms with Crippen molar-refractivity contribution in [2.75, 3.05) is 13.2 Å². The Hall–Kier alpha value is -2.37. The molecule has 6 nitrogen and oxygen atoms in total. The largest absolute Gasteiger partial charge is 0.462 e. The molecule has 0 radical (unpaired) electrons. The monoisotopic (exact) mass is 1050 g/mol. The van der Waals surface area contributed by atoms with Gasteiger partial charge in [0, 0.05) is 19.3 Å². The Morgan fingerprint density at radius 2 is 0.493 bits per heavy atom. The summed E-state index contributed by atoms with van der Waals surface area (Å²) in [6.45, 7) is 6.65. The van der Waals surface area contributed by atoms with Crippen LogP contribution in [0.15, 0.2) is 36.5 Å². The fraction of sp³-hybridized carbons (Fsp3) is 0.870. The molecule has 0 bridgehead atoms. The molecule has 1 unspecified atom stereocenters. The molecule has 0 amide bonds. The highest BCUT2D eigenvalue weighted by atomic mass is 16.6. The fourth-order valence-corrected chi connectivity index (χ4v) is 10.0. The van der Waals surface area contributed by atoms with Crippen LogP contribution in [0.2, 0.25) is 0 Å². The van der Waals surface area contributed by atoms with Gasteiger partial charge in [0.1, 0.15) is 13.2 Å². The summed E-state index contributed by atoms with van der Waals surface area (Å²) >= 11 is 0. The van der Waals surface area contributed by atoms with E-state index in [1.807, 2.05) is 0 Å². The van der Waals surface area contributed by atoms with E-state index in [-0.39, 0.29) is 31.1 Å². The number of hydrogen-bond donors (Lipinski definition) is 0. The van der Waals surface area contributed by atoms with Crippen molar-refractivity contribution < 1.29 is 28.6 Å². The first kappa shape index (κ1) is 72.6. The molecular weight excluding hydrogens is 925 g/mol. The Kier molecular flexibility index (Phi) is 62.1. The number of carbonyl (C=O) groups excluding carboxylic acids is 3. The van der Waals surface area contributed by atoms with Crippen molar-refractivity contribution in [3.05, 3.63) is 36.5 Å². The van der Waals surface area contributed by atoms with Crippen molar-refractivity contribution in [1.29, 1.82) is 0 Å². The molecule has 0 saturated heterocycles. The van der Waals surface area contributed by atoms with Gasteiger partial charge in [-0.15, -0.1) is 0 Å². The van der Waals surface area contributed by atoms with Crippen LogP contribution in [-0.4, -0.2) is 37.2 Å². The van der Waals surface area contributed by atoms with E-state index in [2.05, 4.69) is 57.2 Å². The highest BCUT2D eigenvalue weighted by Crippen LogP contribution is 2.18. The summed E-state index contributed by atoms with van der Waals surface area (Å²) in [4.78, 5) is 38.3. The number of ether oxygens (including phenoxy) is 3. The van der Waals surface area contributed by atoms with Crippen LogP contribution in [0.4, 0.5) is 0 Å². The van der Waals surface area contributed by atoms with Gasteiger partial charge < -0.3 is 14.2 Å². The lowest BCUT2D eigenvalue weighted by molar-refractivity contribution is -0.167. The number of rotatable bonds is 62. The molecule has 0 aromatic heterocycles. The average Bonchev–Trinajstić information content (AvgIpc) is 3.41. The summed E-state index contributed by atoms with van der Waals surface area (Å²) in [6.07, 6.45) is 78.8. The van der Waals surface area contributed by atoms with Gasteiger partial charge in [0.25, 0.3) is 0 Å². The van der Waals surface area contributed by atoms with Gasteiger partial charge in [-0.05, 0) is 70.6 Å². The minimum Gasteiger partial charge on any atom is -0.462 e. The van der Waals surface area contributed by atoms with Gasteiger partial charge >= 0.3 is 17.9 Å². The summed E-state index contributed by atoms with van der Waals surface area (Å²) in [5.74, 6) is -0.859. The molecule has 0 saturated carbocycles. The van der Waals surface area contributed by atoms with Gasteiger partial charge in [-0.1, -0.05) is 314 Å². The summed E-state index contributed by atoms with van der Waals surface area (Å²) < 4.78 is 16.9. The molecule has 75 heavy (non-hydrogen) atoms. The summed E-state index contributed by atoms with van der Waals surface area (Å²) in [6, 6.07) is 0. The Morgan fingerprint density at radius 3 is 0.787 bits per heavy atom. The second kappa shape index (κ2) is 64.2. The first-order chi connectivity index (χ1) is 37.0. The van der Waals surface area contributed by atoms with Crippen LogP contribution in [0.5, 0.6) is 0 Å². The lowest BCUT2D eigenvalue weighted by Crippen LogP contribution is -2.30. The van der Waals surface area contributed by atoms with Crippen LogP contribution in [0.1, 0.15) is 367 Å². The highest BCUT2D eigenvalue weighted by Gasteiger charge is 2.19. The van der Waals surface area contributed by atoms with Gasteiger partial charge in [-0.3, -0.25) is 14.4 Å². The molecule has 0 fully saturated rings. The van der Waals surface area contributed by atoms with Crippen molar-refractivity contribution >= 4 is 17.9 Å². The fourth-order valence-electron chi connectivity index (χ4n) is 10.0. The predicted octanol–water partition coefficient (Wildman–Crippen LogP) is 22.8. The van der Waals surface area contributed by atoms with Crippen molar-refractivity contribution in [3.63, 3.8) is 0 Å². The Labute approximate surface area is 467 Å². The first-order valence-electron chi connectivity index (χ1n) is 33.5. The average molecular weight is 1050 g/mol. The molecule has 0 aromatic carbocycles. The van der Waals surface area contributed by atoms with Gasteiger partial charge in [0.05, 0.1) is 0 Å². The van der Waals surface area contributed by atoms with Crippen LogP contribution in [0.3, 0.4) is 0 Å². The van der Waals surface area contributed by atoms with Crippen molar-refractivity contribution in [1.82, 2.24) is 0 Å². The molecule has 0 rings (SSSR count). The topological polar surface area (TPSA) is 78.9 Å². The zero-order chi connectivity index (χ0) is 54.3. The molecule has 1 atom stereocenters. The molecular formula is C69H128O6. The molecule has 0 aliphatic heterocycles. The van der Waals surface area contributed by atoms with E-state index in [1.165, 1.54) is 257 Å². The zero-order valence-corrected chi connectivity index (χ0v) is 50.6. The third-order valence-electron chi connectivity index (χ3n) is 15.1. The highest BCUT2D eigenvalue weighted by molar-refractivity contribution is 5.71. The second-order valence-corrected chi connectivity index (χ2v) is 22.7. The molecule has 0 aliphatic rings. The van der Waals surface area contributed by atoms with E-state index in [4.69, 9.17) is 14.2 Å². The number of carbonyl (C=O) groups is 3. The SMILES string of the molecule is CCCC/C=C\CCCCCCCC(=O)OCC(COC(=O)CCCCCCCCCCCCC/C=C\C/C=C\CCCCCCC)OC(=O)CCCCCCCCCCCCCCCCCCCCCCCCC. The quantitative estimate of drug-likeness (QED) is 0.0261. The molecule has 0 heterocycles. The summed E-state index contributed by atoms with van der Waals surface area (Å²) in [5, 5.41) is 0. The molecule has 0 N–H and O–H groups in total. The van der Waals surface area contributed by atoms with Gasteiger partial charge in [0.15, 0.2) is 6.10 Å². The number of allylic oxidation sites excluding steroid dienone is 6. The standard InChI is InChI=1S/C69H128O6/c1-4-7-10-13-16-19-22-24-26-28-30-32-34-36-38-40-42-44-47-50-53-56-59-62-68(71)74-65-66(64-73-67(70)61-58-55-52-49-46-21-18-15-12-9-6-3)75-69(72)63-60-57-54-51-48-45-43-41-39-37-35-33-31-29-27-25-23-20-17-14-11-8-5-2/h15,18,22,24,28,30,66H,4-14,16-17,19-21,23,25-27,29,31-65H2,1-3H3/b18-15-,24-22-,30-28-. The van der Waals surface area contributed by atoms with Crippen LogP contribution in [-0.2, 0) is 28.6 Å². The Morgan fingerprint density at radius 1 is 0.267 bits per heavy atom. The van der Waals surface area contributed by atoms with Crippen molar-refractivity contribution in [3.8, 4) is 0 Å². The van der Waals surface area contributed by atoms with E-state index in [9.17, 15) is 14.4 Å². The zero-order valence-electron chi connectivity index (χ0n) is 50.6. The second-order valence-electron chi connectivity index (χ2n) is 22.7. The maximum Gasteiger partial charge on any atom is 0.306 e. The molecule has 440 valence electrons. The van der Waals surface area contributed by atoms with Crippen LogP contribution in [0, 0.1) is 0 Å². The predicted molar refractivity (Wildman–Crippen MR) is 326 cm³/mol. The van der Waals surface area contributed by atoms with E-state index in [0.29, 0.717) is 19.3 Å². The van der Waals surface area contributed by atoms with Gasteiger partial charge in [-0.25, -0.2) is 0 Å². The number of hydrogen-bond acceptors (Lipinski definition) is 6. The van der Waals surface area contributed by atoms with Crippen molar-refractivity contribution in [2.45, 2.75) is 374 Å². The van der Waals surface area contributed by atoms with E-state index in [1.54, 1.807) is 0 Å². The summed E-state index contributed by atoms with van der Waals surface area (Å²) in [7, 11) is 0. The molecule has 0 aromatic rings. The van der Waals surface area contributed by atoms with Crippen LogP contribution >= 0.6 is 0 Å². The van der Waals surface area contributed by atoms with Crippen molar-refractivity contribution in [2.24, 2.45) is 0 Å². The smallest absolute Gasteiger partial charge is 0.306 e. The van der Waals surface area contributed by atoms with Gasteiger partial charge in [-0.2, -0.15) is 0 Å². The normalized spacial score (nSPS) is 12.2. The third-order valence-corrected chi connectivity index (χ3v) is 15.1. The number of esters is 3. The Balaban J connectivity index is 4.21. The maximum absolute atomic E-state index is 12.9. The number of unbranched alkanes of at least 4 members (excludes halogenated alkanes) is 45.